The van der Waals surface area contributed by atoms with E-state index in [1.807, 2.05) is 6.07 Å². The van der Waals surface area contributed by atoms with Crippen molar-refractivity contribution < 1.29 is 23.1 Å². The number of aliphatic carboxylic acids is 1. The first-order valence-electron chi connectivity index (χ1n) is 11.8. The first-order chi connectivity index (χ1) is 18.1. The molecule has 0 saturated carbocycles. The second-order valence-electron chi connectivity index (χ2n) is 8.80. The molecule has 0 radical (unpaired) electrons. The summed E-state index contributed by atoms with van der Waals surface area (Å²) in [5, 5.41) is 19.9. The molecule has 0 spiro atoms. The van der Waals surface area contributed by atoms with E-state index in [-0.39, 0.29) is 16.1 Å². The van der Waals surface area contributed by atoms with E-state index in [0.29, 0.717) is 18.0 Å². The van der Waals surface area contributed by atoms with Crippen LogP contribution >= 0.6 is 23.2 Å². The predicted molar refractivity (Wildman–Crippen MR) is 143 cm³/mol. The third kappa shape index (κ3) is 7.44. The van der Waals surface area contributed by atoms with Crippen LogP contribution in [0.3, 0.4) is 0 Å². The van der Waals surface area contributed by atoms with Gasteiger partial charge in [-0.05, 0) is 42.2 Å². The summed E-state index contributed by atoms with van der Waals surface area (Å²) >= 11 is 11.9. The number of fused-ring (bicyclic) bond motifs is 1. The predicted octanol–water partition coefficient (Wildman–Crippen LogP) is 2.49. The van der Waals surface area contributed by atoms with E-state index in [1.165, 1.54) is 36.2 Å². The zero-order valence-corrected chi connectivity index (χ0v) is 22.5. The highest BCUT2D eigenvalue weighted by Crippen LogP contribution is 2.23. The molecule has 0 aliphatic carbocycles. The minimum Gasteiger partial charge on any atom is -0.480 e. The molecule has 3 aromatic rings. The minimum atomic E-state index is -4.10. The number of hydrogen-bond donors (Lipinski definition) is 4. The molecule has 0 unspecified atom stereocenters. The number of sulfonamides is 1. The topological polar surface area (TPSA) is 155 Å². The Balaban J connectivity index is 1.30. The molecule has 1 atom stereocenters. The van der Waals surface area contributed by atoms with Gasteiger partial charge in [-0.15, -0.1) is 0 Å². The summed E-state index contributed by atoms with van der Waals surface area (Å²) in [5.74, 6) is -1.67. The zero-order chi connectivity index (χ0) is 27.3. The summed E-state index contributed by atoms with van der Waals surface area (Å²) < 4.78 is 28.8. The van der Waals surface area contributed by atoms with Gasteiger partial charge < -0.3 is 15.7 Å². The maximum absolute atomic E-state index is 12.6. The van der Waals surface area contributed by atoms with Crippen molar-refractivity contribution in [2.75, 3.05) is 18.4 Å². The number of hydrogen-bond acceptors (Lipinski definition) is 7. The number of rotatable bonds is 11. The summed E-state index contributed by atoms with van der Waals surface area (Å²) in [5.41, 5.74) is 2.57. The van der Waals surface area contributed by atoms with Gasteiger partial charge in [0.2, 0.25) is 10.0 Å². The molecule has 3 heterocycles. The number of nitrogens with one attached hydrogen (secondary N) is 3. The fraction of sp³-hybridized carbons (Fsp3) is 0.333. The lowest BCUT2D eigenvalue weighted by atomic mass is 10.1. The number of aromatic nitrogens is 3. The van der Waals surface area contributed by atoms with E-state index in [0.717, 1.165) is 30.9 Å². The molecular weight excluding hydrogens is 555 g/mol. The van der Waals surface area contributed by atoms with Crippen LogP contribution in [0.5, 0.6) is 0 Å². The third-order valence-corrected chi connectivity index (χ3v) is 7.81. The van der Waals surface area contributed by atoms with Crippen LogP contribution in [0.15, 0.2) is 42.7 Å². The largest absolute Gasteiger partial charge is 0.480 e. The molecule has 1 aromatic carbocycles. The van der Waals surface area contributed by atoms with Crippen molar-refractivity contribution >= 4 is 50.9 Å². The molecule has 38 heavy (non-hydrogen) atoms. The molecule has 4 N–H and O–H groups in total. The van der Waals surface area contributed by atoms with Crippen molar-refractivity contribution in [2.24, 2.45) is 0 Å². The Hall–Kier alpha value is -3.19. The first kappa shape index (κ1) is 27.8. The van der Waals surface area contributed by atoms with Crippen molar-refractivity contribution in [3.8, 4) is 0 Å². The number of nitrogens with zero attached hydrogens (tertiary/aromatic N) is 3. The van der Waals surface area contributed by atoms with Crippen LogP contribution in [0, 0.1) is 0 Å². The van der Waals surface area contributed by atoms with Crippen molar-refractivity contribution in [3.63, 3.8) is 0 Å². The van der Waals surface area contributed by atoms with Gasteiger partial charge in [0.15, 0.2) is 0 Å². The summed E-state index contributed by atoms with van der Waals surface area (Å²) in [4.78, 5) is 28.9. The van der Waals surface area contributed by atoms with Crippen molar-refractivity contribution in [1.29, 1.82) is 0 Å². The van der Waals surface area contributed by atoms with Gasteiger partial charge in [0.1, 0.15) is 11.9 Å². The Labute approximate surface area is 229 Å². The van der Waals surface area contributed by atoms with E-state index in [9.17, 15) is 23.1 Å². The Morgan fingerprint density at radius 1 is 1.21 bits per heavy atom. The van der Waals surface area contributed by atoms with Gasteiger partial charge in [-0.1, -0.05) is 35.3 Å². The van der Waals surface area contributed by atoms with Crippen LogP contribution in [0.1, 0.15) is 33.6 Å². The average molecular weight is 581 g/mol. The standard InChI is InChI=1S/C24H26Cl2N6O5S/c25-18-5-3-16(20(26)10-18)14-38(36,37)31-21(24(34)35)12-28-23(33)17-11-29-32(13-17)9-7-19-6-4-15-2-1-8-27-22(15)30-19/h3-6,10-11,13,21,31H,1-2,7-9,12,14H2,(H,27,30)(H,28,33)(H,34,35)/t21-/m0/s1. The number of aryl methyl sites for hydroxylation is 3. The number of amides is 1. The summed E-state index contributed by atoms with van der Waals surface area (Å²) in [7, 11) is -4.10. The van der Waals surface area contributed by atoms with Crippen molar-refractivity contribution in [2.45, 2.75) is 37.6 Å². The van der Waals surface area contributed by atoms with Gasteiger partial charge in [-0.2, -0.15) is 9.82 Å². The molecule has 4 rings (SSSR count). The maximum Gasteiger partial charge on any atom is 0.323 e. The van der Waals surface area contributed by atoms with Crippen LogP contribution in [-0.4, -0.2) is 59.3 Å². The van der Waals surface area contributed by atoms with Gasteiger partial charge in [-0.3, -0.25) is 14.3 Å². The van der Waals surface area contributed by atoms with E-state index in [1.54, 1.807) is 4.68 Å². The fourth-order valence-corrected chi connectivity index (χ4v) is 5.84. The van der Waals surface area contributed by atoms with Crippen molar-refractivity contribution in [1.82, 2.24) is 24.8 Å². The molecule has 0 bridgehead atoms. The summed E-state index contributed by atoms with van der Waals surface area (Å²) in [6, 6.07) is 6.78. The summed E-state index contributed by atoms with van der Waals surface area (Å²) in [6.07, 6.45) is 5.60. The molecule has 1 aliphatic rings. The highest BCUT2D eigenvalue weighted by atomic mass is 35.5. The molecule has 1 aliphatic heterocycles. The third-order valence-electron chi connectivity index (χ3n) is 5.89. The Kier molecular flexibility index (Phi) is 8.87. The van der Waals surface area contributed by atoms with Gasteiger partial charge >= 0.3 is 5.97 Å². The number of carbonyl (C=O) groups excluding carboxylic acids is 1. The van der Waals surface area contributed by atoms with Crippen LogP contribution in [0.2, 0.25) is 10.0 Å². The molecule has 1 amide bonds. The second-order valence-corrected chi connectivity index (χ2v) is 11.4. The Morgan fingerprint density at radius 3 is 2.79 bits per heavy atom. The van der Waals surface area contributed by atoms with Crippen molar-refractivity contribution in [3.05, 3.63) is 75.2 Å². The lowest BCUT2D eigenvalue weighted by molar-refractivity contribution is -0.138. The number of anilines is 1. The fourth-order valence-electron chi connectivity index (χ4n) is 3.92. The SMILES string of the molecule is O=C(NC[C@H](NS(=O)(=O)Cc1ccc(Cl)cc1Cl)C(=O)O)c1cnn(CCc2ccc3c(n2)NCCC3)c1. The molecule has 11 nitrogen and oxygen atoms in total. The molecule has 14 heteroatoms. The van der Waals surface area contributed by atoms with Crippen LogP contribution < -0.4 is 15.4 Å². The number of carbonyl (C=O) groups is 2. The minimum absolute atomic E-state index is 0.138. The number of pyridine rings is 1. The van der Waals surface area contributed by atoms with Gasteiger partial charge in [0.25, 0.3) is 5.91 Å². The number of halogens is 2. The Morgan fingerprint density at radius 2 is 2.03 bits per heavy atom. The number of carboxylic acids is 1. The van der Waals surface area contributed by atoms with E-state index in [2.05, 4.69) is 31.5 Å². The summed E-state index contributed by atoms with van der Waals surface area (Å²) in [6.45, 7) is 0.921. The molecular formula is C24H26Cl2N6O5S. The smallest absolute Gasteiger partial charge is 0.323 e. The molecule has 0 saturated heterocycles. The van der Waals surface area contributed by atoms with Crippen LogP contribution in [0.4, 0.5) is 5.82 Å². The number of carboxylic acid groups (broad SMARTS) is 1. The number of benzene rings is 1. The van der Waals surface area contributed by atoms with E-state index in [4.69, 9.17) is 23.2 Å². The van der Waals surface area contributed by atoms with E-state index < -0.39 is 40.2 Å². The highest BCUT2D eigenvalue weighted by Gasteiger charge is 2.26. The zero-order valence-electron chi connectivity index (χ0n) is 20.2. The van der Waals surface area contributed by atoms with E-state index >= 15 is 0 Å². The van der Waals surface area contributed by atoms with Gasteiger partial charge in [0.05, 0.1) is 17.5 Å². The molecule has 0 fully saturated rings. The molecule has 202 valence electrons. The normalized spacial score (nSPS) is 13.8. The van der Waals surface area contributed by atoms with Gasteiger partial charge in [-0.25, -0.2) is 13.4 Å². The lowest BCUT2D eigenvalue weighted by Gasteiger charge is -2.17. The highest BCUT2D eigenvalue weighted by molar-refractivity contribution is 7.88. The molecule has 2 aromatic heterocycles. The Bertz CT molecular complexity index is 1450. The van der Waals surface area contributed by atoms with Crippen LogP contribution in [-0.2, 0) is 40.0 Å². The maximum atomic E-state index is 12.6. The second kappa shape index (κ2) is 12.1. The monoisotopic (exact) mass is 580 g/mol. The van der Waals surface area contributed by atoms with Crippen LogP contribution in [0.25, 0.3) is 0 Å². The average Bonchev–Trinajstić information content (AvgIpc) is 3.36. The lowest BCUT2D eigenvalue weighted by Crippen LogP contribution is -2.48. The van der Waals surface area contributed by atoms with Gasteiger partial charge in [0, 0.05) is 48.0 Å². The first-order valence-corrected chi connectivity index (χ1v) is 14.2. The quantitative estimate of drug-likeness (QED) is 0.269.